The Morgan fingerprint density at radius 2 is 2.14 bits per heavy atom. The van der Waals surface area contributed by atoms with E-state index in [4.69, 9.17) is 11.3 Å². The monoisotopic (exact) mass is 411 g/mol. The first kappa shape index (κ1) is 19.9. The zero-order valence-electron chi connectivity index (χ0n) is 15.1. The molecule has 0 spiro atoms. The smallest absolute Gasteiger partial charge is 0.310 e. The lowest BCUT2D eigenvalue weighted by molar-refractivity contribution is -0.142. The molecule has 0 saturated heterocycles. The van der Waals surface area contributed by atoms with E-state index in [9.17, 15) is 9.59 Å². The van der Waals surface area contributed by atoms with Crippen LogP contribution in [0.5, 0.6) is 0 Å². The van der Waals surface area contributed by atoms with Crippen LogP contribution in [0.1, 0.15) is 18.1 Å². The number of rotatable bonds is 7. The molecule has 28 heavy (non-hydrogen) atoms. The van der Waals surface area contributed by atoms with Crippen molar-refractivity contribution in [1.29, 1.82) is 0 Å². The molecule has 0 radical (unpaired) electrons. The molecule has 0 fully saturated rings. The highest BCUT2D eigenvalue weighted by molar-refractivity contribution is 7.98. The van der Waals surface area contributed by atoms with E-state index in [-0.39, 0.29) is 18.1 Å². The predicted molar refractivity (Wildman–Crippen MR) is 111 cm³/mol. The minimum Gasteiger partial charge on any atom is -0.466 e. The zero-order valence-corrected chi connectivity index (χ0v) is 16.7. The standard InChI is InChI=1S/C20H17N3O3S2/c1-3-26-16(24)11-13-6-4-7-14(10-13)12-28-20-22-17(15-8-5-9-27-15)18(21-2)19(25)23-20/h4-10H,3,11-12H2,1H3,(H,22,23,25). The van der Waals surface area contributed by atoms with Gasteiger partial charge in [-0.25, -0.2) is 9.83 Å². The first-order valence-corrected chi connectivity index (χ1v) is 10.4. The largest absolute Gasteiger partial charge is 0.466 e. The van der Waals surface area contributed by atoms with Crippen LogP contribution in [0.4, 0.5) is 5.69 Å². The molecule has 0 aliphatic carbocycles. The number of H-pyrrole nitrogens is 1. The average Bonchev–Trinajstić information content (AvgIpc) is 3.21. The molecule has 0 saturated carbocycles. The number of benzene rings is 1. The Labute approximate surface area is 170 Å². The van der Waals surface area contributed by atoms with E-state index >= 15 is 0 Å². The van der Waals surface area contributed by atoms with Gasteiger partial charge in [-0.05, 0) is 29.5 Å². The number of carbonyl (C=O) groups is 1. The second kappa shape index (κ2) is 9.35. The van der Waals surface area contributed by atoms with Crippen molar-refractivity contribution in [1.82, 2.24) is 9.97 Å². The number of nitrogens with zero attached hydrogens (tertiary/aromatic N) is 2. The molecule has 0 aliphatic heterocycles. The highest BCUT2D eigenvalue weighted by atomic mass is 32.2. The summed E-state index contributed by atoms with van der Waals surface area (Å²) in [5.41, 5.74) is 1.85. The molecule has 8 heteroatoms. The van der Waals surface area contributed by atoms with Crippen LogP contribution in [0.2, 0.25) is 0 Å². The fourth-order valence-corrected chi connectivity index (χ4v) is 4.08. The van der Waals surface area contributed by atoms with Crippen LogP contribution in [0, 0.1) is 6.57 Å². The predicted octanol–water partition coefficient (Wildman–Crippen LogP) is 4.45. The van der Waals surface area contributed by atoms with Gasteiger partial charge in [-0.2, -0.15) is 0 Å². The Hall–Kier alpha value is -2.89. The molecule has 3 rings (SSSR count). The fraction of sp³-hybridized carbons (Fsp3) is 0.200. The topological polar surface area (TPSA) is 76.4 Å². The summed E-state index contributed by atoms with van der Waals surface area (Å²) < 4.78 is 4.98. The zero-order chi connectivity index (χ0) is 19.9. The van der Waals surface area contributed by atoms with E-state index < -0.39 is 5.56 Å². The number of thiophene rings is 1. The number of esters is 1. The van der Waals surface area contributed by atoms with Crippen molar-refractivity contribution in [2.45, 2.75) is 24.3 Å². The lowest BCUT2D eigenvalue weighted by Gasteiger charge is -2.07. The number of carbonyl (C=O) groups excluding carboxylic acids is 1. The number of aromatic nitrogens is 2. The molecular weight excluding hydrogens is 394 g/mol. The number of hydrogen-bond acceptors (Lipinski definition) is 6. The summed E-state index contributed by atoms with van der Waals surface area (Å²) in [7, 11) is 0. The van der Waals surface area contributed by atoms with Gasteiger partial charge in [0.05, 0.1) is 25.3 Å². The summed E-state index contributed by atoms with van der Waals surface area (Å²) in [4.78, 5) is 35.2. The average molecular weight is 412 g/mol. The summed E-state index contributed by atoms with van der Waals surface area (Å²) in [5.74, 6) is 0.314. The van der Waals surface area contributed by atoms with E-state index in [1.54, 1.807) is 6.92 Å². The van der Waals surface area contributed by atoms with E-state index in [1.807, 2.05) is 41.8 Å². The van der Waals surface area contributed by atoms with Crippen LogP contribution in [0.25, 0.3) is 15.4 Å². The quantitative estimate of drug-likeness (QED) is 0.269. The number of nitrogens with one attached hydrogen (secondary N) is 1. The Bertz CT molecular complexity index is 1070. The number of aromatic amines is 1. The van der Waals surface area contributed by atoms with Gasteiger partial charge in [-0.15, -0.1) is 11.3 Å². The summed E-state index contributed by atoms with van der Waals surface area (Å²) in [6.45, 7) is 9.41. The SMILES string of the molecule is [C-]#[N+]c1c(-c2cccs2)nc(SCc2cccc(CC(=O)OCC)c2)[nH]c1=O. The summed E-state index contributed by atoms with van der Waals surface area (Å²) in [6, 6.07) is 11.4. The summed E-state index contributed by atoms with van der Waals surface area (Å²) in [6.07, 6.45) is 0.226. The maximum absolute atomic E-state index is 12.3. The van der Waals surface area contributed by atoms with Gasteiger partial charge in [0, 0.05) is 10.6 Å². The van der Waals surface area contributed by atoms with Crippen LogP contribution in [0.15, 0.2) is 51.7 Å². The van der Waals surface area contributed by atoms with Crippen molar-refractivity contribution in [2.24, 2.45) is 0 Å². The molecule has 1 aromatic carbocycles. The molecule has 142 valence electrons. The molecule has 0 atom stereocenters. The number of hydrogen-bond donors (Lipinski definition) is 1. The minimum absolute atomic E-state index is 0.00299. The third-order valence-electron chi connectivity index (χ3n) is 3.76. The Morgan fingerprint density at radius 3 is 2.86 bits per heavy atom. The van der Waals surface area contributed by atoms with Crippen LogP contribution in [-0.4, -0.2) is 22.5 Å². The van der Waals surface area contributed by atoms with Crippen molar-refractivity contribution in [3.8, 4) is 10.6 Å². The maximum Gasteiger partial charge on any atom is 0.310 e. The van der Waals surface area contributed by atoms with Crippen LogP contribution in [0.3, 0.4) is 0 Å². The molecule has 0 unspecified atom stereocenters. The normalized spacial score (nSPS) is 10.4. The highest BCUT2D eigenvalue weighted by Gasteiger charge is 2.15. The highest BCUT2D eigenvalue weighted by Crippen LogP contribution is 2.31. The van der Waals surface area contributed by atoms with Gasteiger partial charge < -0.3 is 9.72 Å². The fourth-order valence-electron chi connectivity index (χ4n) is 2.56. The number of ether oxygens (including phenoxy) is 1. The Kier molecular flexibility index (Phi) is 6.63. The summed E-state index contributed by atoms with van der Waals surface area (Å²) in [5, 5.41) is 2.34. The van der Waals surface area contributed by atoms with E-state index in [0.717, 1.165) is 16.0 Å². The van der Waals surface area contributed by atoms with Crippen LogP contribution < -0.4 is 5.56 Å². The molecular formula is C20H17N3O3S2. The molecule has 0 amide bonds. The molecule has 2 heterocycles. The molecule has 0 aliphatic rings. The van der Waals surface area contributed by atoms with Gasteiger partial charge in [0.25, 0.3) is 11.2 Å². The van der Waals surface area contributed by atoms with E-state index in [0.29, 0.717) is 23.2 Å². The third kappa shape index (κ3) is 4.88. The van der Waals surface area contributed by atoms with Gasteiger partial charge in [0.15, 0.2) is 5.16 Å². The lowest BCUT2D eigenvalue weighted by Crippen LogP contribution is -2.09. The van der Waals surface area contributed by atoms with Crippen molar-refractivity contribution in [3.05, 3.63) is 74.7 Å². The van der Waals surface area contributed by atoms with Crippen molar-refractivity contribution >= 4 is 34.8 Å². The van der Waals surface area contributed by atoms with Crippen molar-refractivity contribution < 1.29 is 9.53 Å². The van der Waals surface area contributed by atoms with Crippen LogP contribution in [-0.2, 0) is 21.7 Å². The van der Waals surface area contributed by atoms with Gasteiger partial charge in [0.2, 0.25) is 0 Å². The maximum atomic E-state index is 12.3. The minimum atomic E-state index is -0.438. The van der Waals surface area contributed by atoms with Gasteiger partial charge in [-0.1, -0.05) is 42.1 Å². The van der Waals surface area contributed by atoms with Gasteiger partial charge in [-0.3, -0.25) is 9.59 Å². The second-order valence-corrected chi connectivity index (χ2v) is 7.66. The van der Waals surface area contributed by atoms with Gasteiger partial charge >= 0.3 is 5.97 Å². The first-order chi connectivity index (χ1) is 13.6. The molecule has 3 aromatic rings. The molecule has 0 bridgehead atoms. The van der Waals surface area contributed by atoms with E-state index in [2.05, 4.69) is 14.8 Å². The molecule has 2 aromatic heterocycles. The Morgan fingerprint density at radius 1 is 1.32 bits per heavy atom. The lowest BCUT2D eigenvalue weighted by atomic mass is 10.1. The molecule has 6 nitrogen and oxygen atoms in total. The molecule has 1 N–H and O–H groups in total. The summed E-state index contributed by atoms with van der Waals surface area (Å²) >= 11 is 2.81. The van der Waals surface area contributed by atoms with Crippen LogP contribution >= 0.6 is 23.1 Å². The second-order valence-electron chi connectivity index (χ2n) is 5.75. The first-order valence-electron chi connectivity index (χ1n) is 8.52. The van der Waals surface area contributed by atoms with Gasteiger partial charge in [0.1, 0.15) is 0 Å². The van der Waals surface area contributed by atoms with Crippen molar-refractivity contribution in [2.75, 3.05) is 6.61 Å². The number of thioether (sulfide) groups is 1. The van der Waals surface area contributed by atoms with Crippen molar-refractivity contribution in [3.63, 3.8) is 0 Å². The Balaban J connectivity index is 1.77. The van der Waals surface area contributed by atoms with E-state index in [1.165, 1.54) is 23.1 Å². The third-order valence-corrected chi connectivity index (χ3v) is 5.58.